The third kappa shape index (κ3) is 2.44. The van der Waals surface area contributed by atoms with Gasteiger partial charge in [-0.2, -0.15) is 0 Å². The van der Waals surface area contributed by atoms with Crippen molar-refractivity contribution in [2.24, 2.45) is 5.92 Å². The second-order valence-electron chi connectivity index (χ2n) is 4.64. The number of halogens is 1. The van der Waals surface area contributed by atoms with E-state index < -0.39 is 11.8 Å². The second kappa shape index (κ2) is 5.33. The molecule has 2 heterocycles. The number of hydrogen-bond acceptors (Lipinski definition) is 3. The van der Waals surface area contributed by atoms with Crippen molar-refractivity contribution in [2.45, 2.75) is 26.2 Å². The lowest BCUT2D eigenvalue weighted by molar-refractivity contribution is 0.0691. The molecule has 0 spiro atoms. The molecule has 1 aromatic rings. The number of nitrogens with zero attached hydrogens (tertiary/aromatic N) is 2. The smallest absolute Gasteiger partial charge is 0.338 e. The van der Waals surface area contributed by atoms with Crippen LogP contribution in [0, 0.1) is 11.7 Å². The highest BCUT2D eigenvalue weighted by molar-refractivity contribution is 5.88. The molecule has 0 amide bonds. The minimum absolute atomic E-state index is 0.171. The van der Waals surface area contributed by atoms with Crippen molar-refractivity contribution >= 4 is 11.8 Å². The molecule has 1 N–H and O–H groups in total. The highest BCUT2D eigenvalue weighted by atomic mass is 19.1. The third-order valence-electron chi connectivity index (χ3n) is 3.59. The summed E-state index contributed by atoms with van der Waals surface area (Å²) in [7, 11) is 0. The van der Waals surface area contributed by atoms with Crippen LogP contribution in [0.15, 0.2) is 12.3 Å². The molecule has 1 aliphatic heterocycles. The summed E-state index contributed by atoms with van der Waals surface area (Å²) in [6, 6.07) is 1.19. The molecule has 1 aromatic heterocycles. The second-order valence-corrected chi connectivity index (χ2v) is 4.64. The summed E-state index contributed by atoms with van der Waals surface area (Å²) in [6.07, 6.45) is 4.51. The van der Waals surface area contributed by atoms with E-state index in [9.17, 15) is 9.18 Å². The molecular formula is C13H17FN2O2. The van der Waals surface area contributed by atoms with Gasteiger partial charge in [-0.3, -0.25) is 0 Å². The normalized spacial score (nSPS) is 16.9. The molecule has 1 saturated heterocycles. The molecular weight excluding hydrogens is 235 g/mol. The first-order chi connectivity index (χ1) is 8.63. The van der Waals surface area contributed by atoms with Gasteiger partial charge in [0.05, 0.1) is 0 Å². The molecule has 0 aromatic carbocycles. The van der Waals surface area contributed by atoms with Gasteiger partial charge in [-0.25, -0.2) is 14.2 Å². The first-order valence-corrected chi connectivity index (χ1v) is 6.26. The summed E-state index contributed by atoms with van der Waals surface area (Å²) in [4.78, 5) is 16.7. The van der Waals surface area contributed by atoms with Gasteiger partial charge in [-0.05, 0) is 24.8 Å². The van der Waals surface area contributed by atoms with Gasteiger partial charge in [0.15, 0.2) is 11.6 Å². The van der Waals surface area contributed by atoms with E-state index >= 15 is 0 Å². The average Bonchev–Trinajstić information content (AvgIpc) is 2.39. The number of carboxylic acids is 1. The first kappa shape index (κ1) is 12.8. The summed E-state index contributed by atoms with van der Waals surface area (Å²) in [5.41, 5.74) is -0.308. The first-order valence-electron chi connectivity index (χ1n) is 6.26. The predicted molar refractivity (Wildman–Crippen MR) is 66.4 cm³/mol. The molecule has 18 heavy (non-hydrogen) atoms. The van der Waals surface area contributed by atoms with Crippen molar-refractivity contribution in [3.8, 4) is 0 Å². The zero-order valence-electron chi connectivity index (χ0n) is 10.4. The third-order valence-corrected chi connectivity index (χ3v) is 3.59. The van der Waals surface area contributed by atoms with Crippen LogP contribution in [-0.4, -0.2) is 29.1 Å². The molecule has 98 valence electrons. The van der Waals surface area contributed by atoms with E-state index in [4.69, 9.17) is 5.11 Å². The Morgan fingerprint density at radius 1 is 1.56 bits per heavy atom. The number of rotatable bonds is 3. The Kier molecular flexibility index (Phi) is 3.79. The molecule has 1 fully saturated rings. The van der Waals surface area contributed by atoms with Crippen molar-refractivity contribution in [3.05, 3.63) is 23.6 Å². The summed E-state index contributed by atoms with van der Waals surface area (Å²) in [6.45, 7) is 3.64. The van der Waals surface area contributed by atoms with Gasteiger partial charge in [0.1, 0.15) is 5.56 Å². The number of aromatic nitrogens is 1. The van der Waals surface area contributed by atoms with Gasteiger partial charge < -0.3 is 10.0 Å². The molecule has 0 radical (unpaired) electrons. The van der Waals surface area contributed by atoms with E-state index in [1.807, 2.05) is 4.90 Å². The molecule has 0 atom stereocenters. The van der Waals surface area contributed by atoms with E-state index in [1.54, 1.807) is 0 Å². The van der Waals surface area contributed by atoms with Gasteiger partial charge in [0.25, 0.3) is 0 Å². The van der Waals surface area contributed by atoms with Crippen LogP contribution in [0.25, 0.3) is 0 Å². The quantitative estimate of drug-likeness (QED) is 0.898. The summed E-state index contributed by atoms with van der Waals surface area (Å²) in [5, 5.41) is 8.88. The highest BCUT2D eigenvalue weighted by Gasteiger charge is 2.23. The monoisotopic (exact) mass is 252 g/mol. The lowest BCUT2D eigenvalue weighted by Gasteiger charge is -2.32. The fourth-order valence-corrected chi connectivity index (χ4v) is 2.37. The van der Waals surface area contributed by atoms with Crippen LogP contribution >= 0.6 is 0 Å². The van der Waals surface area contributed by atoms with E-state index in [1.165, 1.54) is 12.3 Å². The van der Waals surface area contributed by atoms with Crippen molar-refractivity contribution in [1.29, 1.82) is 0 Å². The lowest BCUT2D eigenvalue weighted by atomic mass is 9.94. The minimum atomic E-state index is -1.25. The van der Waals surface area contributed by atoms with E-state index in [-0.39, 0.29) is 11.4 Å². The number of piperidine rings is 1. The Balaban J connectivity index is 2.19. The van der Waals surface area contributed by atoms with Crippen LogP contribution < -0.4 is 4.90 Å². The number of carboxylic acid groups (broad SMARTS) is 1. The molecule has 4 nitrogen and oxygen atoms in total. The zero-order chi connectivity index (χ0) is 13.1. The van der Waals surface area contributed by atoms with Crippen molar-refractivity contribution in [3.63, 3.8) is 0 Å². The van der Waals surface area contributed by atoms with E-state index in [0.717, 1.165) is 32.4 Å². The molecule has 1 aliphatic rings. The van der Waals surface area contributed by atoms with Crippen LogP contribution in [0.2, 0.25) is 0 Å². The fourth-order valence-electron chi connectivity index (χ4n) is 2.37. The Morgan fingerprint density at radius 3 is 2.78 bits per heavy atom. The standard InChI is InChI=1S/C13H17FN2O2/c1-2-9-4-7-16(8-5-9)12-11(14)10(13(17)18)3-6-15-12/h3,6,9H,2,4-5,7-8H2,1H3,(H,17,18). The zero-order valence-corrected chi connectivity index (χ0v) is 10.4. The largest absolute Gasteiger partial charge is 0.478 e. The maximum Gasteiger partial charge on any atom is 0.338 e. The number of hydrogen-bond donors (Lipinski definition) is 1. The van der Waals surface area contributed by atoms with Crippen molar-refractivity contribution in [1.82, 2.24) is 4.98 Å². The topological polar surface area (TPSA) is 53.4 Å². The molecule has 5 heteroatoms. The van der Waals surface area contributed by atoms with Crippen molar-refractivity contribution < 1.29 is 14.3 Å². The van der Waals surface area contributed by atoms with Crippen molar-refractivity contribution in [2.75, 3.05) is 18.0 Å². The van der Waals surface area contributed by atoms with Crippen LogP contribution in [0.5, 0.6) is 0 Å². The Labute approximate surface area is 105 Å². The summed E-state index contributed by atoms with van der Waals surface area (Å²) < 4.78 is 14.0. The number of carbonyl (C=O) groups is 1. The van der Waals surface area contributed by atoms with Gasteiger partial charge in [-0.1, -0.05) is 13.3 Å². The van der Waals surface area contributed by atoms with Crippen LogP contribution in [0.4, 0.5) is 10.2 Å². The fraction of sp³-hybridized carbons (Fsp3) is 0.538. The molecule has 0 unspecified atom stereocenters. The Bertz CT molecular complexity index is 443. The Hall–Kier alpha value is -1.65. The van der Waals surface area contributed by atoms with Crippen LogP contribution in [0.3, 0.4) is 0 Å². The molecule has 0 aliphatic carbocycles. The minimum Gasteiger partial charge on any atom is -0.478 e. The maximum absolute atomic E-state index is 14.0. The van der Waals surface area contributed by atoms with E-state index in [2.05, 4.69) is 11.9 Å². The SMILES string of the molecule is CCC1CCN(c2nccc(C(=O)O)c2F)CC1. The van der Waals surface area contributed by atoms with Gasteiger partial charge in [-0.15, -0.1) is 0 Å². The average molecular weight is 252 g/mol. The summed E-state index contributed by atoms with van der Waals surface area (Å²) >= 11 is 0. The summed E-state index contributed by atoms with van der Waals surface area (Å²) in [5.74, 6) is -1.11. The van der Waals surface area contributed by atoms with Gasteiger partial charge in [0.2, 0.25) is 0 Å². The lowest BCUT2D eigenvalue weighted by Crippen LogP contribution is -2.35. The number of aromatic carboxylic acids is 1. The van der Waals surface area contributed by atoms with Crippen LogP contribution in [0.1, 0.15) is 36.5 Å². The Morgan fingerprint density at radius 2 is 2.22 bits per heavy atom. The van der Waals surface area contributed by atoms with Crippen LogP contribution in [-0.2, 0) is 0 Å². The molecule has 0 bridgehead atoms. The number of anilines is 1. The van der Waals surface area contributed by atoms with E-state index in [0.29, 0.717) is 5.92 Å². The van der Waals surface area contributed by atoms with Gasteiger partial charge in [0, 0.05) is 19.3 Å². The van der Waals surface area contributed by atoms with Gasteiger partial charge >= 0.3 is 5.97 Å². The molecule has 2 rings (SSSR count). The maximum atomic E-state index is 14.0. The predicted octanol–water partition coefficient (Wildman–Crippen LogP) is 2.55. The number of pyridine rings is 1. The highest BCUT2D eigenvalue weighted by Crippen LogP contribution is 2.26. The molecule has 0 saturated carbocycles.